The van der Waals surface area contributed by atoms with Gasteiger partial charge in [0.1, 0.15) is 5.76 Å². The highest BCUT2D eigenvalue weighted by atomic mass is 16.5. The van der Waals surface area contributed by atoms with Crippen LogP contribution in [-0.4, -0.2) is 51.0 Å². The van der Waals surface area contributed by atoms with Crippen molar-refractivity contribution in [1.29, 1.82) is 0 Å². The zero-order chi connectivity index (χ0) is 14.4. The molecule has 5 nitrogen and oxygen atoms in total. The maximum Gasteiger partial charge on any atom is 0.122 e. The van der Waals surface area contributed by atoms with Crippen molar-refractivity contribution in [1.82, 2.24) is 10.2 Å². The quantitative estimate of drug-likeness (QED) is 0.734. The van der Waals surface area contributed by atoms with Gasteiger partial charge in [-0.1, -0.05) is 6.92 Å². The maximum absolute atomic E-state index is 5.63. The lowest BCUT2D eigenvalue weighted by molar-refractivity contribution is -0.00461. The van der Waals surface area contributed by atoms with Crippen molar-refractivity contribution in [3.8, 4) is 0 Å². The molecule has 1 saturated heterocycles. The number of nitrogens with zero attached hydrogens (tertiary/aromatic N) is 1. The van der Waals surface area contributed by atoms with Crippen molar-refractivity contribution in [2.75, 3.05) is 33.9 Å². The minimum absolute atomic E-state index is 0.150. The average Bonchev–Trinajstić information content (AvgIpc) is 3.06. The van der Waals surface area contributed by atoms with E-state index in [1.165, 1.54) is 5.56 Å². The Balaban J connectivity index is 1.89. The fraction of sp³-hybridized carbons (Fsp3) is 0.733. The molecule has 0 amide bonds. The second-order valence-corrected chi connectivity index (χ2v) is 5.29. The van der Waals surface area contributed by atoms with Gasteiger partial charge in [0.2, 0.25) is 0 Å². The largest absolute Gasteiger partial charge is 0.468 e. The first kappa shape index (κ1) is 15.5. The summed E-state index contributed by atoms with van der Waals surface area (Å²) in [6.07, 6.45) is 3.22. The van der Waals surface area contributed by atoms with E-state index in [1.54, 1.807) is 20.5 Å². The lowest BCUT2D eigenvalue weighted by atomic mass is 10.2. The first-order valence-corrected chi connectivity index (χ1v) is 7.32. The molecule has 1 N–H and O–H groups in total. The molecule has 2 rings (SSSR count). The highest BCUT2D eigenvalue weighted by molar-refractivity contribution is 5.17. The number of rotatable bonds is 8. The first-order chi connectivity index (χ1) is 9.78. The van der Waals surface area contributed by atoms with Crippen LogP contribution in [0.25, 0.3) is 0 Å². The van der Waals surface area contributed by atoms with Crippen molar-refractivity contribution in [3.63, 3.8) is 0 Å². The molecule has 0 radical (unpaired) electrons. The van der Waals surface area contributed by atoms with Crippen LogP contribution in [0.4, 0.5) is 0 Å². The molecule has 114 valence electrons. The number of methoxy groups -OCH3 is 2. The van der Waals surface area contributed by atoms with Crippen LogP contribution in [0.2, 0.25) is 0 Å². The number of nitrogens with one attached hydrogen (secondary N) is 1. The topological polar surface area (TPSA) is 46.9 Å². The summed E-state index contributed by atoms with van der Waals surface area (Å²) in [5.74, 6) is 1.04. The molecule has 1 aromatic heterocycles. The molecule has 1 fully saturated rings. The fourth-order valence-electron chi connectivity index (χ4n) is 2.67. The monoisotopic (exact) mass is 282 g/mol. The molecule has 0 bridgehead atoms. The standard InChI is InChI=1S/C15H26N2O3/c1-4-6-16-8-12-5-7-20-13(12)9-17-10-14(18-2)15(11-17)19-3/h5,7,14-16H,4,6,8-11H2,1-3H3. The smallest absolute Gasteiger partial charge is 0.122 e. The molecule has 0 aliphatic carbocycles. The van der Waals surface area contributed by atoms with E-state index < -0.39 is 0 Å². The Bertz CT molecular complexity index is 382. The third kappa shape index (κ3) is 3.82. The first-order valence-electron chi connectivity index (χ1n) is 7.32. The molecule has 0 aromatic carbocycles. The van der Waals surface area contributed by atoms with Crippen LogP contribution in [0, 0.1) is 0 Å². The molecule has 0 saturated carbocycles. The highest BCUT2D eigenvalue weighted by Gasteiger charge is 2.33. The number of hydrogen-bond acceptors (Lipinski definition) is 5. The SMILES string of the molecule is CCCNCc1ccoc1CN1CC(OC)C(OC)C1. The van der Waals surface area contributed by atoms with Crippen molar-refractivity contribution in [2.45, 2.75) is 38.6 Å². The predicted molar refractivity (Wildman–Crippen MR) is 77.6 cm³/mol. The lowest BCUT2D eigenvalue weighted by Gasteiger charge is -2.14. The van der Waals surface area contributed by atoms with Crippen LogP contribution >= 0.6 is 0 Å². The van der Waals surface area contributed by atoms with Gasteiger partial charge in [-0.2, -0.15) is 0 Å². The lowest BCUT2D eigenvalue weighted by Crippen LogP contribution is -2.27. The summed E-state index contributed by atoms with van der Waals surface area (Å²) in [7, 11) is 3.49. The molecule has 20 heavy (non-hydrogen) atoms. The Kier molecular flexibility index (Phi) is 6.04. The number of likely N-dealkylation sites (tertiary alicyclic amines) is 1. The summed E-state index contributed by atoms with van der Waals surface area (Å²) in [5.41, 5.74) is 1.24. The third-order valence-corrected chi connectivity index (χ3v) is 3.84. The molecular formula is C15H26N2O3. The molecule has 2 unspecified atom stereocenters. The fourth-order valence-corrected chi connectivity index (χ4v) is 2.67. The molecule has 1 aliphatic heterocycles. The van der Waals surface area contributed by atoms with Crippen molar-refractivity contribution >= 4 is 0 Å². The van der Waals surface area contributed by atoms with E-state index in [0.29, 0.717) is 0 Å². The molecule has 1 aromatic rings. The van der Waals surface area contributed by atoms with Gasteiger partial charge in [0.25, 0.3) is 0 Å². The third-order valence-electron chi connectivity index (χ3n) is 3.84. The molecule has 2 atom stereocenters. The average molecular weight is 282 g/mol. The van der Waals surface area contributed by atoms with Gasteiger partial charge in [-0.05, 0) is 19.0 Å². The summed E-state index contributed by atoms with van der Waals surface area (Å²) < 4.78 is 16.6. The second kappa shape index (κ2) is 7.78. The van der Waals surface area contributed by atoms with Gasteiger partial charge in [0.15, 0.2) is 0 Å². The van der Waals surface area contributed by atoms with Crippen LogP contribution in [0.3, 0.4) is 0 Å². The van der Waals surface area contributed by atoms with Gasteiger partial charge in [-0.15, -0.1) is 0 Å². The highest BCUT2D eigenvalue weighted by Crippen LogP contribution is 2.20. The Morgan fingerprint density at radius 1 is 1.30 bits per heavy atom. The summed E-state index contributed by atoms with van der Waals surface area (Å²) in [4.78, 5) is 2.32. The Morgan fingerprint density at radius 3 is 2.60 bits per heavy atom. The molecule has 0 spiro atoms. The minimum Gasteiger partial charge on any atom is -0.468 e. The van der Waals surface area contributed by atoms with Gasteiger partial charge in [0, 0.05) is 39.4 Å². The van der Waals surface area contributed by atoms with Crippen LogP contribution in [0.5, 0.6) is 0 Å². The number of furan rings is 1. The predicted octanol–water partition coefficient (Wildman–Crippen LogP) is 1.62. The zero-order valence-electron chi connectivity index (χ0n) is 12.7. The van der Waals surface area contributed by atoms with Gasteiger partial charge in [-0.25, -0.2) is 0 Å². The maximum atomic E-state index is 5.63. The van der Waals surface area contributed by atoms with Crippen molar-refractivity contribution < 1.29 is 13.9 Å². The molecular weight excluding hydrogens is 256 g/mol. The van der Waals surface area contributed by atoms with E-state index in [0.717, 1.165) is 44.9 Å². The minimum atomic E-state index is 0.150. The summed E-state index contributed by atoms with van der Waals surface area (Å²) >= 11 is 0. The normalized spacial score (nSPS) is 23.6. The van der Waals surface area contributed by atoms with E-state index in [9.17, 15) is 0 Å². The van der Waals surface area contributed by atoms with Crippen molar-refractivity contribution in [3.05, 3.63) is 23.7 Å². The number of ether oxygens (including phenoxy) is 2. The van der Waals surface area contributed by atoms with E-state index in [-0.39, 0.29) is 12.2 Å². The van der Waals surface area contributed by atoms with Crippen LogP contribution in [0.1, 0.15) is 24.7 Å². The Labute approximate surface area is 121 Å². The zero-order valence-corrected chi connectivity index (χ0v) is 12.7. The summed E-state index contributed by atoms with van der Waals surface area (Å²) in [5, 5.41) is 3.41. The van der Waals surface area contributed by atoms with Crippen LogP contribution in [0.15, 0.2) is 16.7 Å². The summed E-state index contributed by atoms with van der Waals surface area (Å²) in [6.45, 7) is 6.66. The second-order valence-electron chi connectivity index (χ2n) is 5.29. The van der Waals surface area contributed by atoms with Crippen LogP contribution in [-0.2, 0) is 22.6 Å². The Morgan fingerprint density at radius 2 is 2.00 bits per heavy atom. The van der Waals surface area contributed by atoms with Crippen molar-refractivity contribution in [2.24, 2.45) is 0 Å². The van der Waals surface area contributed by atoms with E-state index in [1.807, 2.05) is 0 Å². The van der Waals surface area contributed by atoms with E-state index >= 15 is 0 Å². The van der Waals surface area contributed by atoms with E-state index in [4.69, 9.17) is 13.9 Å². The Hall–Kier alpha value is -0.880. The van der Waals surface area contributed by atoms with Crippen LogP contribution < -0.4 is 5.32 Å². The molecule has 2 heterocycles. The molecule has 5 heteroatoms. The van der Waals surface area contributed by atoms with Gasteiger partial charge in [0.05, 0.1) is 25.0 Å². The van der Waals surface area contributed by atoms with Gasteiger partial charge in [-0.3, -0.25) is 4.90 Å². The molecule has 1 aliphatic rings. The summed E-state index contributed by atoms with van der Waals surface area (Å²) in [6, 6.07) is 2.05. The van der Waals surface area contributed by atoms with Gasteiger partial charge < -0.3 is 19.2 Å². The van der Waals surface area contributed by atoms with Gasteiger partial charge >= 0.3 is 0 Å². The number of hydrogen-bond donors (Lipinski definition) is 1. The van der Waals surface area contributed by atoms with E-state index in [2.05, 4.69) is 23.2 Å².